The predicted octanol–water partition coefficient (Wildman–Crippen LogP) is 2.99. The summed E-state index contributed by atoms with van der Waals surface area (Å²) in [5.41, 5.74) is 2.74. The van der Waals surface area contributed by atoms with Gasteiger partial charge >= 0.3 is 0 Å². The normalized spacial score (nSPS) is 10.8. The van der Waals surface area contributed by atoms with Crippen LogP contribution in [-0.2, 0) is 19.5 Å². The lowest BCUT2D eigenvalue weighted by molar-refractivity contribution is 0.668. The van der Waals surface area contributed by atoms with Crippen molar-refractivity contribution >= 4 is 0 Å². The maximum atomic E-state index is 4.46. The Hall–Kier alpha value is -1.61. The van der Waals surface area contributed by atoms with Crippen LogP contribution in [0, 0.1) is 0 Å². The highest BCUT2D eigenvalue weighted by atomic mass is 15.0. The predicted molar refractivity (Wildman–Crippen MR) is 79.1 cm³/mol. The molecule has 2 aromatic rings. The summed E-state index contributed by atoms with van der Waals surface area (Å²) in [6.07, 6.45) is 6.01. The molecule has 0 aliphatic carbocycles. The fourth-order valence-corrected chi connectivity index (χ4v) is 2.27. The number of benzene rings is 1. The highest BCUT2D eigenvalue weighted by Crippen LogP contribution is 2.13. The lowest BCUT2D eigenvalue weighted by Gasteiger charge is -2.11. The monoisotopic (exact) mass is 257 g/mol. The van der Waals surface area contributed by atoms with Crippen LogP contribution in [0.1, 0.15) is 37.2 Å². The van der Waals surface area contributed by atoms with Gasteiger partial charge in [0.25, 0.3) is 0 Å². The zero-order chi connectivity index (χ0) is 13.5. The summed E-state index contributed by atoms with van der Waals surface area (Å²) in [6, 6.07) is 8.63. The number of hydrogen-bond acceptors (Lipinski definition) is 2. The Bertz CT molecular complexity index is 502. The van der Waals surface area contributed by atoms with Crippen molar-refractivity contribution in [2.75, 3.05) is 6.54 Å². The third-order valence-corrected chi connectivity index (χ3v) is 3.35. The molecule has 0 spiro atoms. The number of nitrogens with zero attached hydrogens (tertiary/aromatic N) is 2. The molecule has 1 aromatic carbocycles. The van der Waals surface area contributed by atoms with Gasteiger partial charge in [0.1, 0.15) is 5.82 Å². The molecule has 2 rings (SSSR count). The van der Waals surface area contributed by atoms with Crippen LogP contribution in [0.25, 0.3) is 0 Å². The van der Waals surface area contributed by atoms with Crippen molar-refractivity contribution in [3.63, 3.8) is 0 Å². The largest absolute Gasteiger partial charge is 0.335 e. The van der Waals surface area contributed by atoms with E-state index in [0.717, 1.165) is 31.9 Å². The number of aryl methyl sites for hydroxylation is 1. The lowest BCUT2D eigenvalue weighted by Crippen LogP contribution is -2.15. The SMILES string of the molecule is CCCNCc1ccccc1Cc1nccn1CC. The molecule has 1 aromatic heterocycles. The van der Waals surface area contributed by atoms with Crippen LogP contribution in [0.2, 0.25) is 0 Å². The van der Waals surface area contributed by atoms with E-state index < -0.39 is 0 Å². The third kappa shape index (κ3) is 3.67. The number of rotatable bonds is 7. The van der Waals surface area contributed by atoms with Gasteiger partial charge in [0.05, 0.1) is 0 Å². The van der Waals surface area contributed by atoms with Crippen LogP contribution < -0.4 is 5.32 Å². The Morgan fingerprint density at radius 2 is 1.95 bits per heavy atom. The standard InChI is InChI=1S/C16H23N3/c1-3-9-17-13-15-8-6-5-7-14(15)12-16-18-10-11-19(16)4-2/h5-8,10-11,17H,3-4,9,12-13H2,1-2H3. The molecule has 0 fully saturated rings. The number of hydrogen-bond donors (Lipinski definition) is 1. The summed E-state index contributed by atoms with van der Waals surface area (Å²) in [7, 11) is 0. The van der Waals surface area contributed by atoms with E-state index in [1.54, 1.807) is 0 Å². The van der Waals surface area contributed by atoms with E-state index in [2.05, 4.69) is 53.0 Å². The molecule has 3 nitrogen and oxygen atoms in total. The first-order valence-corrected chi connectivity index (χ1v) is 7.12. The minimum absolute atomic E-state index is 0.908. The maximum Gasteiger partial charge on any atom is 0.113 e. The molecule has 0 saturated carbocycles. The van der Waals surface area contributed by atoms with Gasteiger partial charge in [-0.15, -0.1) is 0 Å². The second-order valence-electron chi connectivity index (χ2n) is 4.75. The Morgan fingerprint density at radius 1 is 1.16 bits per heavy atom. The molecule has 0 atom stereocenters. The Morgan fingerprint density at radius 3 is 2.68 bits per heavy atom. The molecule has 0 unspecified atom stereocenters. The van der Waals surface area contributed by atoms with Crippen LogP contribution in [0.3, 0.4) is 0 Å². The van der Waals surface area contributed by atoms with Gasteiger partial charge in [-0.05, 0) is 31.0 Å². The molecule has 0 bridgehead atoms. The topological polar surface area (TPSA) is 29.9 Å². The smallest absolute Gasteiger partial charge is 0.113 e. The summed E-state index contributed by atoms with van der Waals surface area (Å²) >= 11 is 0. The minimum atomic E-state index is 0.908. The average molecular weight is 257 g/mol. The van der Waals surface area contributed by atoms with E-state index in [9.17, 15) is 0 Å². The van der Waals surface area contributed by atoms with Gasteiger partial charge in [-0.3, -0.25) is 0 Å². The zero-order valence-electron chi connectivity index (χ0n) is 11.9. The van der Waals surface area contributed by atoms with Gasteiger partial charge in [0.15, 0.2) is 0 Å². The fraction of sp³-hybridized carbons (Fsp3) is 0.438. The fourth-order valence-electron chi connectivity index (χ4n) is 2.27. The maximum absolute atomic E-state index is 4.46. The zero-order valence-corrected chi connectivity index (χ0v) is 11.9. The molecule has 102 valence electrons. The molecule has 1 N–H and O–H groups in total. The van der Waals surface area contributed by atoms with Crippen LogP contribution in [-0.4, -0.2) is 16.1 Å². The van der Waals surface area contributed by atoms with Crippen LogP contribution in [0.15, 0.2) is 36.7 Å². The van der Waals surface area contributed by atoms with Crippen molar-refractivity contribution in [3.8, 4) is 0 Å². The van der Waals surface area contributed by atoms with Crippen molar-refractivity contribution in [1.82, 2.24) is 14.9 Å². The van der Waals surface area contributed by atoms with Crippen molar-refractivity contribution in [1.29, 1.82) is 0 Å². The van der Waals surface area contributed by atoms with E-state index in [1.165, 1.54) is 17.5 Å². The van der Waals surface area contributed by atoms with Crippen molar-refractivity contribution in [3.05, 3.63) is 53.6 Å². The second kappa shape index (κ2) is 7.10. The van der Waals surface area contributed by atoms with E-state index in [4.69, 9.17) is 0 Å². The van der Waals surface area contributed by atoms with Gasteiger partial charge in [-0.1, -0.05) is 31.2 Å². The van der Waals surface area contributed by atoms with Crippen molar-refractivity contribution < 1.29 is 0 Å². The molecule has 0 radical (unpaired) electrons. The molecule has 0 aliphatic rings. The summed E-state index contributed by atoms with van der Waals surface area (Å²) in [6.45, 7) is 7.33. The van der Waals surface area contributed by atoms with Gasteiger partial charge in [0.2, 0.25) is 0 Å². The van der Waals surface area contributed by atoms with Gasteiger partial charge in [-0.2, -0.15) is 0 Å². The highest BCUT2D eigenvalue weighted by Gasteiger charge is 2.06. The van der Waals surface area contributed by atoms with Crippen LogP contribution >= 0.6 is 0 Å². The summed E-state index contributed by atoms with van der Waals surface area (Å²) in [4.78, 5) is 4.46. The first-order valence-electron chi connectivity index (χ1n) is 7.12. The second-order valence-corrected chi connectivity index (χ2v) is 4.75. The Balaban J connectivity index is 2.11. The third-order valence-electron chi connectivity index (χ3n) is 3.35. The number of aromatic nitrogens is 2. The molecule has 0 amide bonds. The average Bonchev–Trinajstić information content (AvgIpc) is 2.88. The van der Waals surface area contributed by atoms with E-state index in [-0.39, 0.29) is 0 Å². The van der Waals surface area contributed by atoms with E-state index >= 15 is 0 Å². The highest BCUT2D eigenvalue weighted by molar-refractivity contribution is 5.29. The van der Waals surface area contributed by atoms with Gasteiger partial charge < -0.3 is 9.88 Å². The van der Waals surface area contributed by atoms with Crippen LogP contribution in [0.4, 0.5) is 0 Å². The number of nitrogens with one attached hydrogen (secondary N) is 1. The van der Waals surface area contributed by atoms with Gasteiger partial charge in [-0.25, -0.2) is 4.98 Å². The Kier molecular flexibility index (Phi) is 5.16. The van der Waals surface area contributed by atoms with E-state index in [0.29, 0.717) is 0 Å². The van der Waals surface area contributed by atoms with E-state index in [1.807, 2.05) is 12.4 Å². The lowest BCUT2D eigenvalue weighted by atomic mass is 10.0. The summed E-state index contributed by atoms with van der Waals surface area (Å²) < 4.78 is 2.20. The van der Waals surface area contributed by atoms with Crippen molar-refractivity contribution in [2.24, 2.45) is 0 Å². The summed E-state index contributed by atoms with van der Waals surface area (Å²) in [5.74, 6) is 1.14. The molecule has 0 aliphatic heterocycles. The van der Waals surface area contributed by atoms with Crippen molar-refractivity contribution in [2.45, 2.75) is 39.8 Å². The molecule has 3 heteroatoms. The first-order chi connectivity index (χ1) is 9.35. The van der Waals surface area contributed by atoms with Gasteiger partial charge in [0, 0.05) is 31.9 Å². The quantitative estimate of drug-likeness (QED) is 0.773. The minimum Gasteiger partial charge on any atom is -0.335 e. The molecular formula is C16H23N3. The molecule has 1 heterocycles. The molecule has 19 heavy (non-hydrogen) atoms. The Labute approximate surface area is 115 Å². The van der Waals surface area contributed by atoms with Crippen LogP contribution in [0.5, 0.6) is 0 Å². The molecule has 0 saturated heterocycles. The first kappa shape index (κ1) is 13.8. The summed E-state index contributed by atoms with van der Waals surface area (Å²) in [5, 5.41) is 3.47. The number of imidazole rings is 1. The molecular weight excluding hydrogens is 234 g/mol.